The minimum atomic E-state index is -0.632. The zero-order chi connectivity index (χ0) is 17.6. The molecule has 2 aromatic rings. The summed E-state index contributed by atoms with van der Waals surface area (Å²) in [7, 11) is 0. The Kier molecular flexibility index (Phi) is 6.70. The zero-order valence-electron chi connectivity index (χ0n) is 13.4. The topological polar surface area (TPSA) is 49.6 Å². The van der Waals surface area contributed by atoms with Gasteiger partial charge < -0.3 is 0 Å². The predicted molar refractivity (Wildman–Crippen MR) is 81.2 cm³/mol. The van der Waals surface area contributed by atoms with Gasteiger partial charge in [0.1, 0.15) is 23.5 Å². The average molecular weight is 321 g/mol. The summed E-state index contributed by atoms with van der Waals surface area (Å²) in [5.74, 6) is -1.52. The van der Waals surface area contributed by atoms with Gasteiger partial charge in [0, 0.05) is 6.07 Å². The number of aromatic nitrogens is 2. The fourth-order valence-electron chi connectivity index (χ4n) is 1.85. The summed E-state index contributed by atoms with van der Waals surface area (Å²) in [6.45, 7) is 7.45. The maximum Gasteiger partial charge on any atom is 0.147 e. The third-order valence-electron chi connectivity index (χ3n) is 2.94. The number of nitriles is 1. The maximum atomic E-state index is 12.8. The Labute approximate surface area is 133 Å². The van der Waals surface area contributed by atoms with E-state index in [4.69, 9.17) is 5.26 Å². The van der Waals surface area contributed by atoms with Crippen LogP contribution < -0.4 is 0 Å². The van der Waals surface area contributed by atoms with E-state index in [0.717, 1.165) is 18.5 Å². The van der Waals surface area contributed by atoms with Gasteiger partial charge in [0.2, 0.25) is 0 Å². The summed E-state index contributed by atoms with van der Waals surface area (Å²) >= 11 is 0. The van der Waals surface area contributed by atoms with Gasteiger partial charge in [0.05, 0.1) is 29.3 Å². The van der Waals surface area contributed by atoms with Gasteiger partial charge in [-0.2, -0.15) is 5.26 Å². The normalized spacial score (nSPS) is 10.3. The van der Waals surface area contributed by atoms with Crippen LogP contribution in [0.4, 0.5) is 13.2 Å². The van der Waals surface area contributed by atoms with Gasteiger partial charge in [-0.15, -0.1) is 0 Å². The Bertz CT molecular complexity index is 707. The van der Waals surface area contributed by atoms with Crippen LogP contribution in [0.3, 0.4) is 0 Å². The number of nitrogens with zero attached hydrogens (tertiary/aromatic N) is 3. The zero-order valence-corrected chi connectivity index (χ0v) is 13.4. The Hall–Kier alpha value is -2.42. The van der Waals surface area contributed by atoms with E-state index in [1.54, 1.807) is 0 Å². The van der Waals surface area contributed by atoms with E-state index >= 15 is 0 Å². The lowest BCUT2D eigenvalue weighted by Gasteiger charge is -2.04. The van der Waals surface area contributed by atoms with E-state index < -0.39 is 17.5 Å². The molecule has 0 unspecified atom stereocenters. The molecular formula is C17H18F3N3. The van der Waals surface area contributed by atoms with Crippen LogP contribution in [-0.4, -0.2) is 9.97 Å². The standard InChI is InChI=1S/C9H9FN2.C8H9F2N/c1-6(2)9-7(4-11)3-8(10)5-12-9;1-5(2)8-7(10)3-6(9)4-11-8/h3,5-6H,1-2H3;3-5H,1-2H3. The highest BCUT2D eigenvalue weighted by Gasteiger charge is 2.09. The van der Waals surface area contributed by atoms with Crippen molar-refractivity contribution in [1.82, 2.24) is 9.97 Å². The van der Waals surface area contributed by atoms with Crippen LogP contribution in [0, 0.1) is 28.8 Å². The first-order valence-electron chi connectivity index (χ1n) is 7.12. The second kappa shape index (κ2) is 8.28. The molecule has 6 heteroatoms. The lowest BCUT2D eigenvalue weighted by molar-refractivity contribution is 0.548. The van der Waals surface area contributed by atoms with Crippen LogP contribution in [0.1, 0.15) is 56.5 Å². The van der Waals surface area contributed by atoms with Crippen LogP contribution >= 0.6 is 0 Å². The Morgan fingerprint density at radius 1 is 0.870 bits per heavy atom. The highest BCUT2D eigenvalue weighted by atomic mass is 19.1. The fourth-order valence-corrected chi connectivity index (χ4v) is 1.85. The predicted octanol–water partition coefficient (Wildman–Crippen LogP) is 4.70. The number of hydrogen-bond acceptors (Lipinski definition) is 3. The van der Waals surface area contributed by atoms with Gasteiger partial charge in [0.15, 0.2) is 0 Å². The summed E-state index contributed by atoms with van der Waals surface area (Å²) in [6.07, 6.45) is 2.16. The molecule has 0 amide bonds. The molecule has 3 nitrogen and oxygen atoms in total. The summed E-state index contributed by atoms with van der Waals surface area (Å²) in [4.78, 5) is 7.48. The molecule has 0 aliphatic heterocycles. The van der Waals surface area contributed by atoms with Crippen molar-refractivity contribution in [2.45, 2.75) is 39.5 Å². The van der Waals surface area contributed by atoms with E-state index in [2.05, 4.69) is 9.97 Å². The number of pyridine rings is 2. The first-order chi connectivity index (χ1) is 10.8. The number of hydrogen-bond donors (Lipinski definition) is 0. The molecule has 0 saturated carbocycles. The molecule has 122 valence electrons. The molecular weight excluding hydrogens is 303 g/mol. The number of halogens is 3. The van der Waals surface area contributed by atoms with Gasteiger partial charge in [-0.3, -0.25) is 9.97 Å². The van der Waals surface area contributed by atoms with Crippen molar-refractivity contribution in [1.29, 1.82) is 5.26 Å². The highest BCUT2D eigenvalue weighted by Crippen LogP contribution is 2.16. The van der Waals surface area contributed by atoms with Gasteiger partial charge in [-0.1, -0.05) is 27.7 Å². The average Bonchev–Trinajstić information content (AvgIpc) is 2.46. The Morgan fingerprint density at radius 2 is 1.35 bits per heavy atom. The fraction of sp³-hybridized carbons (Fsp3) is 0.353. The second-order valence-electron chi connectivity index (χ2n) is 5.53. The Morgan fingerprint density at radius 3 is 1.78 bits per heavy atom. The van der Waals surface area contributed by atoms with Gasteiger partial charge in [0.25, 0.3) is 0 Å². The molecule has 0 aliphatic carbocycles. The molecule has 2 aromatic heterocycles. The molecule has 0 bridgehead atoms. The van der Waals surface area contributed by atoms with Crippen molar-refractivity contribution in [2.75, 3.05) is 0 Å². The third-order valence-corrected chi connectivity index (χ3v) is 2.94. The van der Waals surface area contributed by atoms with Gasteiger partial charge in [-0.25, -0.2) is 13.2 Å². The van der Waals surface area contributed by atoms with Crippen molar-refractivity contribution < 1.29 is 13.2 Å². The maximum absolute atomic E-state index is 12.8. The van der Waals surface area contributed by atoms with Crippen molar-refractivity contribution in [3.8, 4) is 6.07 Å². The van der Waals surface area contributed by atoms with Crippen molar-refractivity contribution in [3.63, 3.8) is 0 Å². The third kappa shape index (κ3) is 5.37. The second-order valence-corrected chi connectivity index (χ2v) is 5.53. The number of rotatable bonds is 2. The van der Waals surface area contributed by atoms with Gasteiger partial charge >= 0.3 is 0 Å². The summed E-state index contributed by atoms with van der Waals surface area (Å²) in [5.41, 5.74) is 1.29. The van der Waals surface area contributed by atoms with Crippen LogP contribution in [0.2, 0.25) is 0 Å². The summed E-state index contributed by atoms with van der Waals surface area (Å²) in [6, 6.07) is 3.98. The minimum Gasteiger partial charge on any atom is -0.257 e. The molecule has 0 fully saturated rings. The summed E-state index contributed by atoms with van der Waals surface area (Å²) in [5, 5.41) is 8.64. The SMILES string of the molecule is CC(C)c1ncc(F)cc1C#N.CC(C)c1ncc(F)cc1F. The van der Waals surface area contributed by atoms with Gasteiger partial charge in [-0.05, 0) is 17.9 Å². The Balaban J connectivity index is 0.000000231. The minimum absolute atomic E-state index is 0.00407. The molecule has 0 N–H and O–H groups in total. The quantitative estimate of drug-likeness (QED) is 0.805. The lowest BCUT2D eigenvalue weighted by atomic mass is 10.1. The van der Waals surface area contributed by atoms with E-state index in [-0.39, 0.29) is 11.8 Å². The van der Waals surface area contributed by atoms with E-state index in [1.807, 2.05) is 33.8 Å². The van der Waals surface area contributed by atoms with Crippen molar-refractivity contribution in [3.05, 3.63) is 58.9 Å². The molecule has 0 aromatic carbocycles. The van der Waals surface area contributed by atoms with E-state index in [1.165, 1.54) is 6.07 Å². The first-order valence-corrected chi connectivity index (χ1v) is 7.12. The first kappa shape index (κ1) is 18.6. The highest BCUT2D eigenvalue weighted by molar-refractivity contribution is 5.34. The van der Waals surface area contributed by atoms with Crippen molar-refractivity contribution >= 4 is 0 Å². The van der Waals surface area contributed by atoms with Crippen LogP contribution in [-0.2, 0) is 0 Å². The molecule has 0 spiro atoms. The smallest absolute Gasteiger partial charge is 0.147 e. The molecule has 0 saturated heterocycles. The monoisotopic (exact) mass is 321 g/mol. The molecule has 23 heavy (non-hydrogen) atoms. The van der Waals surface area contributed by atoms with Crippen LogP contribution in [0.5, 0.6) is 0 Å². The van der Waals surface area contributed by atoms with E-state index in [0.29, 0.717) is 17.0 Å². The van der Waals surface area contributed by atoms with Crippen LogP contribution in [0.25, 0.3) is 0 Å². The molecule has 2 heterocycles. The lowest BCUT2D eigenvalue weighted by Crippen LogP contribution is -1.97. The molecule has 0 radical (unpaired) electrons. The van der Waals surface area contributed by atoms with Crippen molar-refractivity contribution in [2.24, 2.45) is 0 Å². The molecule has 2 rings (SSSR count). The summed E-state index contributed by atoms with van der Waals surface area (Å²) < 4.78 is 37.7. The molecule has 0 aliphatic rings. The van der Waals surface area contributed by atoms with E-state index in [9.17, 15) is 13.2 Å². The van der Waals surface area contributed by atoms with Crippen LogP contribution in [0.15, 0.2) is 24.5 Å². The molecule has 0 atom stereocenters. The largest absolute Gasteiger partial charge is 0.257 e.